The van der Waals surface area contributed by atoms with Gasteiger partial charge in [0.2, 0.25) is 0 Å². The fourth-order valence-corrected chi connectivity index (χ4v) is 2.27. The van der Waals surface area contributed by atoms with Crippen LogP contribution in [-0.4, -0.2) is 25.8 Å². The second-order valence-corrected chi connectivity index (χ2v) is 5.62. The Hall–Kier alpha value is -1.26. The Morgan fingerprint density at radius 1 is 0.864 bits per heavy atom. The molecular formula is C18H30O4. The maximum atomic E-state index is 5.99. The van der Waals surface area contributed by atoms with Crippen LogP contribution in [0.15, 0.2) is 18.2 Å². The van der Waals surface area contributed by atoms with E-state index in [2.05, 4.69) is 19.9 Å². The molecule has 0 aliphatic rings. The molecule has 126 valence electrons. The molecule has 2 atom stereocenters. The van der Waals surface area contributed by atoms with Gasteiger partial charge in [-0.3, -0.25) is 0 Å². The van der Waals surface area contributed by atoms with E-state index in [0.717, 1.165) is 17.7 Å². The Balaban J connectivity index is 3.01. The number of hydrogen-bond acceptors (Lipinski definition) is 4. The van der Waals surface area contributed by atoms with Gasteiger partial charge in [0, 0.05) is 13.2 Å². The van der Waals surface area contributed by atoms with Gasteiger partial charge in [-0.25, -0.2) is 0 Å². The summed E-state index contributed by atoms with van der Waals surface area (Å²) in [4.78, 5) is 0. The summed E-state index contributed by atoms with van der Waals surface area (Å²) in [6, 6.07) is 5.98. The molecular weight excluding hydrogens is 280 g/mol. The summed E-state index contributed by atoms with van der Waals surface area (Å²) in [5, 5.41) is 0. The summed E-state index contributed by atoms with van der Waals surface area (Å²) in [5.41, 5.74) is 1.13. The van der Waals surface area contributed by atoms with Crippen LogP contribution in [0.2, 0.25) is 0 Å². The molecule has 0 aliphatic heterocycles. The average Bonchev–Trinajstić information content (AvgIpc) is 2.42. The lowest BCUT2D eigenvalue weighted by atomic mass is 10.0. The minimum absolute atomic E-state index is 0.316. The van der Waals surface area contributed by atoms with Gasteiger partial charge in [-0.1, -0.05) is 26.0 Å². The van der Waals surface area contributed by atoms with Crippen molar-refractivity contribution in [1.29, 1.82) is 0 Å². The van der Waals surface area contributed by atoms with E-state index >= 15 is 0 Å². The van der Waals surface area contributed by atoms with E-state index in [1.165, 1.54) is 0 Å². The Morgan fingerprint density at radius 3 is 2.00 bits per heavy atom. The van der Waals surface area contributed by atoms with Crippen molar-refractivity contribution in [3.8, 4) is 11.5 Å². The fourth-order valence-electron chi connectivity index (χ4n) is 2.27. The van der Waals surface area contributed by atoms with Crippen LogP contribution in [0.1, 0.15) is 47.1 Å². The van der Waals surface area contributed by atoms with Gasteiger partial charge in [-0.15, -0.1) is 0 Å². The van der Waals surface area contributed by atoms with Crippen LogP contribution in [0, 0.1) is 5.92 Å². The lowest BCUT2D eigenvalue weighted by molar-refractivity contribution is -0.0770. The van der Waals surface area contributed by atoms with E-state index in [1.807, 2.05) is 39.8 Å². The molecule has 0 spiro atoms. The molecule has 0 aromatic heterocycles. The molecule has 4 heteroatoms. The second kappa shape index (κ2) is 9.70. The number of ether oxygens (including phenoxy) is 4. The Kier molecular flexibility index (Phi) is 8.28. The quantitative estimate of drug-likeness (QED) is 0.600. The summed E-state index contributed by atoms with van der Waals surface area (Å²) in [6.45, 7) is 13.3. The van der Waals surface area contributed by atoms with Crippen LogP contribution in [0.3, 0.4) is 0 Å². The first kappa shape index (κ1) is 18.8. The first-order valence-electron chi connectivity index (χ1n) is 8.16. The van der Waals surface area contributed by atoms with Gasteiger partial charge in [0.25, 0.3) is 0 Å². The number of para-hydroxylation sites is 1. The molecule has 1 rings (SSSR count). The molecule has 0 N–H and O–H groups in total. The number of benzene rings is 1. The van der Waals surface area contributed by atoms with Gasteiger partial charge in [-0.05, 0) is 51.7 Å². The van der Waals surface area contributed by atoms with Crippen molar-refractivity contribution < 1.29 is 18.9 Å². The van der Waals surface area contributed by atoms with Gasteiger partial charge in [-0.2, -0.15) is 0 Å². The van der Waals surface area contributed by atoms with E-state index in [-0.39, 0.29) is 12.6 Å². The minimum Gasteiger partial charge on any atom is -0.461 e. The second-order valence-electron chi connectivity index (χ2n) is 5.62. The Bertz CT molecular complexity index is 431. The zero-order chi connectivity index (χ0) is 16.5. The number of rotatable bonds is 10. The van der Waals surface area contributed by atoms with Crippen molar-refractivity contribution in [2.75, 3.05) is 13.2 Å². The van der Waals surface area contributed by atoms with Crippen LogP contribution in [0.5, 0.6) is 11.5 Å². The van der Waals surface area contributed by atoms with Crippen LogP contribution in [-0.2, 0) is 15.9 Å². The van der Waals surface area contributed by atoms with Gasteiger partial charge in [0.1, 0.15) is 0 Å². The third-order valence-electron chi connectivity index (χ3n) is 3.07. The summed E-state index contributed by atoms with van der Waals surface area (Å²) in [5.74, 6) is 1.98. The minimum atomic E-state index is -0.317. The first-order valence-corrected chi connectivity index (χ1v) is 8.16. The molecule has 2 unspecified atom stereocenters. The predicted octanol–water partition coefficient (Wildman–Crippen LogP) is 4.41. The maximum absolute atomic E-state index is 5.99. The monoisotopic (exact) mass is 310 g/mol. The molecule has 0 aliphatic carbocycles. The van der Waals surface area contributed by atoms with Crippen molar-refractivity contribution in [1.82, 2.24) is 0 Å². The zero-order valence-electron chi connectivity index (χ0n) is 14.7. The van der Waals surface area contributed by atoms with Crippen molar-refractivity contribution >= 4 is 0 Å². The standard InChI is InChI=1S/C18H30O4/c1-7-19-14(5)21-17-11-9-10-16(12-13(3)4)18(17)22-15(6)20-8-2/h9-11,13-15H,7-8,12H2,1-6H3. The largest absolute Gasteiger partial charge is 0.461 e. The van der Waals surface area contributed by atoms with E-state index in [9.17, 15) is 0 Å². The summed E-state index contributed by atoms with van der Waals surface area (Å²) >= 11 is 0. The fraction of sp³-hybridized carbons (Fsp3) is 0.667. The Morgan fingerprint density at radius 2 is 1.45 bits per heavy atom. The number of hydrogen-bond donors (Lipinski definition) is 0. The van der Waals surface area contributed by atoms with E-state index in [1.54, 1.807) is 0 Å². The van der Waals surface area contributed by atoms with Crippen LogP contribution in [0.25, 0.3) is 0 Å². The van der Waals surface area contributed by atoms with E-state index in [4.69, 9.17) is 18.9 Å². The lowest BCUT2D eigenvalue weighted by Gasteiger charge is -2.23. The normalized spacial score (nSPS) is 14.0. The third kappa shape index (κ3) is 6.24. The topological polar surface area (TPSA) is 36.9 Å². The third-order valence-corrected chi connectivity index (χ3v) is 3.07. The highest BCUT2D eigenvalue weighted by Crippen LogP contribution is 2.34. The molecule has 1 aromatic carbocycles. The van der Waals surface area contributed by atoms with Crippen molar-refractivity contribution in [2.24, 2.45) is 5.92 Å². The summed E-state index contributed by atoms with van der Waals surface area (Å²) in [6.07, 6.45) is 0.293. The van der Waals surface area contributed by atoms with Gasteiger partial charge in [0.05, 0.1) is 0 Å². The summed E-state index contributed by atoms with van der Waals surface area (Å²) < 4.78 is 22.8. The smallest absolute Gasteiger partial charge is 0.197 e. The first-order chi connectivity index (χ1) is 10.5. The van der Waals surface area contributed by atoms with Crippen molar-refractivity contribution in [3.63, 3.8) is 0 Å². The molecule has 1 aromatic rings. The molecule has 0 radical (unpaired) electrons. The lowest BCUT2D eigenvalue weighted by Crippen LogP contribution is -2.20. The van der Waals surface area contributed by atoms with Crippen LogP contribution < -0.4 is 9.47 Å². The Labute approximate surface area is 134 Å². The maximum Gasteiger partial charge on any atom is 0.197 e. The van der Waals surface area contributed by atoms with Crippen molar-refractivity contribution in [3.05, 3.63) is 23.8 Å². The molecule has 0 saturated carbocycles. The molecule has 0 heterocycles. The van der Waals surface area contributed by atoms with Gasteiger partial charge < -0.3 is 18.9 Å². The predicted molar refractivity (Wildman–Crippen MR) is 88.4 cm³/mol. The molecule has 0 saturated heterocycles. The van der Waals surface area contributed by atoms with Crippen LogP contribution >= 0.6 is 0 Å². The molecule has 0 amide bonds. The zero-order valence-corrected chi connectivity index (χ0v) is 14.7. The van der Waals surface area contributed by atoms with E-state index in [0.29, 0.717) is 24.9 Å². The van der Waals surface area contributed by atoms with Gasteiger partial charge >= 0.3 is 0 Å². The highest BCUT2D eigenvalue weighted by Gasteiger charge is 2.17. The molecule has 0 fully saturated rings. The van der Waals surface area contributed by atoms with E-state index < -0.39 is 0 Å². The molecule has 22 heavy (non-hydrogen) atoms. The average molecular weight is 310 g/mol. The van der Waals surface area contributed by atoms with Gasteiger partial charge in [0.15, 0.2) is 24.1 Å². The van der Waals surface area contributed by atoms with Crippen molar-refractivity contribution in [2.45, 2.75) is 60.5 Å². The highest BCUT2D eigenvalue weighted by atomic mass is 16.7. The van der Waals surface area contributed by atoms with Crippen LogP contribution in [0.4, 0.5) is 0 Å². The highest BCUT2D eigenvalue weighted by molar-refractivity contribution is 5.47. The molecule has 0 bridgehead atoms. The molecule has 4 nitrogen and oxygen atoms in total. The summed E-state index contributed by atoms with van der Waals surface area (Å²) in [7, 11) is 0. The SMILES string of the molecule is CCOC(C)Oc1cccc(CC(C)C)c1OC(C)OCC.